The lowest BCUT2D eigenvalue weighted by atomic mass is 10.1. The van der Waals surface area contributed by atoms with Crippen LogP contribution < -0.4 is 5.32 Å². The molecule has 1 aromatic rings. The largest absolute Gasteiger partial charge is 0.381 e. The van der Waals surface area contributed by atoms with E-state index >= 15 is 0 Å². The van der Waals surface area contributed by atoms with E-state index < -0.39 is 0 Å². The van der Waals surface area contributed by atoms with Crippen molar-refractivity contribution in [2.45, 2.75) is 38.8 Å². The Balaban J connectivity index is 1.42. The summed E-state index contributed by atoms with van der Waals surface area (Å²) in [6.45, 7) is 9.97. The molecule has 0 saturated carbocycles. The minimum absolute atomic E-state index is 0.234. The number of aliphatic imine (C=N–C) groups is 1. The molecule has 0 aromatic heterocycles. The number of halogens is 2. The van der Waals surface area contributed by atoms with Gasteiger partial charge in [0.2, 0.25) is 0 Å². The van der Waals surface area contributed by atoms with Gasteiger partial charge in [-0.05, 0) is 38.3 Å². The first kappa shape index (κ1) is 23.3. The quantitative estimate of drug-likeness (QED) is 0.382. The van der Waals surface area contributed by atoms with Gasteiger partial charge in [0.15, 0.2) is 5.96 Å². The highest BCUT2D eigenvalue weighted by molar-refractivity contribution is 6.31. The number of hydrogen-bond donors (Lipinski definition) is 1. The van der Waals surface area contributed by atoms with Crippen LogP contribution in [0.1, 0.15) is 31.7 Å². The maximum absolute atomic E-state index is 14.1. The highest BCUT2D eigenvalue weighted by Crippen LogP contribution is 2.21. The molecule has 3 rings (SSSR count). The number of guanidine groups is 1. The van der Waals surface area contributed by atoms with E-state index in [1.54, 1.807) is 12.1 Å². The predicted octanol–water partition coefficient (Wildman–Crippen LogP) is 3.15. The number of piperazine rings is 1. The Labute approximate surface area is 184 Å². The van der Waals surface area contributed by atoms with Gasteiger partial charge in [0.25, 0.3) is 0 Å². The Kier molecular flexibility index (Phi) is 9.65. The van der Waals surface area contributed by atoms with Crippen LogP contribution in [0.3, 0.4) is 0 Å². The lowest BCUT2D eigenvalue weighted by Crippen LogP contribution is -2.52. The van der Waals surface area contributed by atoms with Crippen molar-refractivity contribution in [3.63, 3.8) is 0 Å². The van der Waals surface area contributed by atoms with Gasteiger partial charge in [0.1, 0.15) is 5.82 Å². The van der Waals surface area contributed by atoms with Crippen LogP contribution in [0.15, 0.2) is 23.2 Å². The smallest absolute Gasteiger partial charge is 0.194 e. The van der Waals surface area contributed by atoms with E-state index in [4.69, 9.17) is 26.1 Å². The third kappa shape index (κ3) is 7.08. The molecule has 0 bridgehead atoms. The van der Waals surface area contributed by atoms with E-state index in [0.29, 0.717) is 23.2 Å². The zero-order chi connectivity index (χ0) is 21.2. The van der Waals surface area contributed by atoms with Gasteiger partial charge in [-0.3, -0.25) is 9.89 Å². The molecule has 0 radical (unpaired) electrons. The summed E-state index contributed by atoms with van der Waals surface area (Å²) in [6.07, 6.45) is 3.24. The molecule has 0 unspecified atom stereocenters. The van der Waals surface area contributed by atoms with Crippen LogP contribution in [0.4, 0.5) is 4.39 Å². The number of hydrogen-bond acceptors (Lipinski definition) is 4. The normalized spacial score (nSPS) is 19.3. The highest BCUT2D eigenvalue weighted by Gasteiger charge is 2.21. The summed E-state index contributed by atoms with van der Waals surface area (Å²) in [5.41, 5.74) is 0.581. The van der Waals surface area contributed by atoms with Crippen LogP contribution in [0.2, 0.25) is 5.02 Å². The molecule has 0 amide bonds. The molecular weight excluding hydrogens is 407 g/mol. The van der Waals surface area contributed by atoms with E-state index in [0.717, 1.165) is 84.3 Å². The maximum Gasteiger partial charge on any atom is 0.194 e. The first-order valence-electron chi connectivity index (χ1n) is 11.0. The minimum atomic E-state index is -0.234. The van der Waals surface area contributed by atoms with Crippen molar-refractivity contribution < 1.29 is 13.9 Å². The highest BCUT2D eigenvalue weighted by atomic mass is 35.5. The summed E-state index contributed by atoms with van der Waals surface area (Å²) in [5.74, 6) is 0.718. The molecule has 168 valence electrons. The summed E-state index contributed by atoms with van der Waals surface area (Å²) in [6, 6.07) is 4.87. The molecule has 0 spiro atoms. The van der Waals surface area contributed by atoms with Crippen molar-refractivity contribution in [1.29, 1.82) is 0 Å². The topological polar surface area (TPSA) is 49.3 Å². The van der Waals surface area contributed by atoms with Crippen molar-refractivity contribution in [2.24, 2.45) is 4.99 Å². The Bertz CT molecular complexity index is 657. The second kappa shape index (κ2) is 12.4. The van der Waals surface area contributed by atoms with Gasteiger partial charge in [0, 0.05) is 76.2 Å². The van der Waals surface area contributed by atoms with Gasteiger partial charge in [-0.1, -0.05) is 17.7 Å². The van der Waals surface area contributed by atoms with Gasteiger partial charge in [-0.25, -0.2) is 4.39 Å². The van der Waals surface area contributed by atoms with Crippen LogP contribution in [0.5, 0.6) is 0 Å². The second-order valence-corrected chi connectivity index (χ2v) is 8.14. The van der Waals surface area contributed by atoms with Crippen molar-refractivity contribution in [1.82, 2.24) is 15.1 Å². The summed E-state index contributed by atoms with van der Waals surface area (Å²) in [4.78, 5) is 9.31. The Morgan fingerprint density at radius 2 is 2.03 bits per heavy atom. The molecular formula is C22H34ClFN4O2. The summed E-state index contributed by atoms with van der Waals surface area (Å²) < 4.78 is 25.4. The van der Waals surface area contributed by atoms with Gasteiger partial charge in [-0.2, -0.15) is 0 Å². The van der Waals surface area contributed by atoms with Gasteiger partial charge in [-0.15, -0.1) is 0 Å². The van der Waals surface area contributed by atoms with Crippen molar-refractivity contribution in [3.8, 4) is 0 Å². The van der Waals surface area contributed by atoms with E-state index in [1.807, 2.05) is 0 Å². The zero-order valence-electron chi connectivity index (χ0n) is 17.9. The van der Waals surface area contributed by atoms with Crippen LogP contribution in [-0.4, -0.2) is 81.0 Å². The Morgan fingerprint density at radius 3 is 2.73 bits per heavy atom. The third-order valence-electron chi connectivity index (χ3n) is 5.54. The fraction of sp³-hybridized carbons (Fsp3) is 0.682. The Hall–Kier alpha value is -1.41. The molecule has 2 heterocycles. The number of benzene rings is 1. The second-order valence-electron chi connectivity index (χ2n) is 7.74. The molecule has 2 aliphatic heterocycles. The van der Waals surface area contributed by atoms with Gasteiger partial charge >= 0.3 is 0 Å². The average Bonchev–Trinajstić information content (AvgIpc) is 2.77. The number of nitrogens with one attached hydrogen (secondary N) is 1. The minimum Gasteiger partial charge on any atom is -0.381 e. The van der Waals surface area contributed by atoms with E-state index in [-0.39, 0.29) is 5.82 Å². The van der Waals surface area contributed by atoms with Gasteiger partial charge < -0.3 is 19.7 Å². The van der Waals surface area contributed by atoms with Crippen LogP contribution in [-0.2, 0) is 16.0 Å². The lowest BCUT2D eigenvalue weighted by molar-refractivity contribution is -0.0318. The molecule has 2 fully saturated rings. The summed E-state index contributed by atoms with van der Waals surface area (Å²) in [5, 5.41) is 3.89. The first-order valence-corrected chi connectivity index (χ1v) is 11.4. The molecule has 2 aliphatic rings. The lowest BCUT2D eigenvalue weighted by Gasteiger charge is -2.36. The molecule has 0 aliphatic carbocycles. The first-order chi connectivity index (χ1) is 14.7. The van der Waals surface area contributed by atoms with Crippen molar-refractivity contribution in [2.75, 3.05) is 59.1 Å². The molecule has 8 heteroatoms. The average molecular weight is 441 g/mol. The predicted molar refractivity (Wildman–Crippen MR) is 119 cm³/mol. The molecule has 0 atom stereocenters. The van der Waals surface area contributed by atoms with Crippen LogP contribution in [0.25, 0.3) is 0 Å². The SMILES string of the molecule is CCNC(=NCCCOC1CCOCC1)N1CCN(Cc2c(F)cccc2Cl)CC1. The monoisotopic (exact) mass is 440 g/mol. The standard InChI is InChI=1S/C22H34ClFN4O2/c1-2-25-22(26-9-4-14-30-18-7-15-29-16-8-18)28-12-10-27(11-13-28)17-19-20(23)5-3-6-21(19)24/h3,5-6,18H,2,4,7-17H2,1H3,(H,25,26). The number of rotatable bonds is 8. The third-order valence-corrected chi connectivity index (χ3v) is 5.89. The molecule has 2 saturated heterocycles. The van der Waals surface area contributed by atoms with Crippen LogP contribution >= 0.6 is 11.6 Å². The van der Waals surface area contributed by atoms with Gasteiger partial charge in [0.05, 0.1) is 6.10 Å². The fourth-order valence-electron chi connectivity index (χ4n) is 3.79. The van der Waals surface area contributed by atoms with Crippen molar-refractivity contribution >= 4 is 17.6 Å². The van der Waals surface area contributed by atoms with E-state index in [1.165, 1.54) is 6.07 Å². The molecule has 30 heavy (non-hydrogen) atoms. The van der Waals surface area contributed by atoms with Crippen LogP contribution in [0, 0.1) is 5.82 Å². The van der Waals surface area contributed by atoms with E-state index in [9.17, 15) is 4.39 Å². The Morgan fingerprint density at radius 1 is 1.27 bits per heavy atom. The molecule has 1 aromatic carbocycles. The molecule has 1 N–H and O–H groups in total. The zero-order valence-corrected chi connectivity index (χ0v) is 18.7. The van der Waals surface area contributed by atoms with Crippen molar-refractivity contribution in [3.05, 3.63) is 34.6 Å². The summed E-state index contributed by atoms with van der Waals surface area (Å²) >= 11 is 6.18. The molecule has 6 nitrogen and oxygen atoms in total. The summed E-state index contributed by atoms with van der Waals surface area (Å²) in [7, 11) is 0. The number of nitrogens with zero attached hydrogens (tertiary/aromatic N) is 3. The fourth-order valence-corrected chi connectivity index (χ4v) is 4.02. The van der Waals surface area contributed by atoms with E-state index in [2.05, 4.69) is 22.0 Å². The number of ether oxygens (including phenoxy) is 2. The maximum atomic E-state index is 14.1.